The highest BCUT2D eigenvalue weighted by Crippen LogP contribution is 2.56. The second-order valence-electron chi connectivity index (χ2n) is 12.2. The molecule has 0 bridgehead atoms. The summed E-state index contributed by atoms with van der Waals surface area (Å²) in [5.74, 6) is -19.6. The Labute approximate surface area is 335 Å². The molecule has 0 aromatic heterocycles. The van der Waals surface area contributed by atoms with E-state index in [1.54, 1.807) is 48.5 Å². The first-order valence-corrected chi connectivity index (χ1v) is 16.4. The Hall–Kier alpha value is -7.52. The van der Waals surface area contributed by atoms with Crippen molar-refractivity contribution < 1.29 is 82.6 Å². The number of nitrogens with two attached hydrogens (primary N) is 4. The summed E-state index contributed by atoms with van der Waals surface area (Å²) in [6.07, 6.45) is -12.3. The van der Waals surface area contributed by atoms with Gasteiger partial charge in [0.1, 0.15) is 34.4 Å². The summed E-state index contributed by atoms with van der Waals surface area (Å²) in [6, 6.07) is 16.0. The third kappa shape index (κ3) is 9.21. The molecule has 0 saturated carbocycles. The first-order chi connectivity index (χ1) is 28.4. The van der Waals surface area contributed by atoms with Crippen LogP contribution >= 0.6 is 0 Å². The van der Waals surface area contributed by atoms with Crippen molar-refractivity contribution in [2.75, 3.05) is 22.9 Å². The van der Waals surface area contributed by atoms with Crippen LogP contribution in [0.1, 0.15) is 11.1 Å². The van der Waals surface area contributed by atoms with Gasteiger partial charge < -0.3 is 52.8 Å². The molecule has 12 N–H and O–H groups in total. The Morgan fingerprint density at radius 3 is 0.934 bits per heavy atom. The molecule has 0 unspecified atom stereocenters. The van der Waals surface area contributed by atoms with Gasteiger partial charge in [-0.15, -0.1) is 0 Å². The SMILES string of the molecule is Nc1c(O)c(F)c(Oc2ccc(C(c3ccc(Oc4c(F)c(O)c(N)c(F)c4F)cc3)(C(F)(F)F)C(F)(F)F)cc2)c(F)c1F.Nc1ccccc1O.Nc1ccccc1O. The van der Waals surface area contributed by atoms with E-state index in [0.29, 0.717) is 35.6 Å². The van der Waals surface area contributed by atoms with Crippen LogP contribution in [0.5, 0.6) is 46.0 Å². The van der Waals surface area contributed by atoms with Crippen molar-refractivity contribution in [1.29, 1.82) is 0 Å². The lowest BCUT2D eigenvalue weighted by Crippen LogP contribution is -2.54. The Morgan fingerprint density at radius 1 is 0.393 bits per heavy atom. The van der Waals surface area contributed by atoms with Crippen LogP contribution in [-0.2, 0) is 5.41 Å². The summed E-state index contributed by atoms with van der Waals surface area (Å²) in [7, 11) is 0. The Bertz CT molecular complexity index is 2250. The molecule has 0 atom stereocenters. The minimum absolute atomic E-state index is 0.146. The van der Waals surface area contributed by atoms with Gasteiger partial charge in [0.2, 0.25) is 40.2 Å². The van der Waals surface area contributed by atoms with E-state index in [9.17, 15) is 62.9 Å². The zero-order chi connectivity index (χ0) is 45.8. The van der Waals surface area contributed by atoms with Crippen molar-refractivity contribution >= 4 is 22.7 Å². The van der Waals surface area contributed by atoms with Crippen molar-refractivity contribution in [1.82, 2.24) is 0 Å². The largest absolute Gasteiger partial charge is 0.506 e. The van der Waals surface area contributed by atoms with Gasteiger partial charge in [0.15, 0.2) is 23.1 Å². The van der Waals surface area contributed by atoms with Gasteiger partial charge in [0, 0.05) is 0 Å². The summed E-state index contributed by atoms with van der Waals surface area (Å²) in [6.45, 7) is 0. The third-order valence-electron chi connectivity index (χ3n) is 8.32. The predicted octanol–water partition coefficient (Wildman–Crippen LogP) is 10.0. The maximum Gasteiger partial charge on any atom is 0.411 e. The maximum atomic E-state index is 14.5. The van der Waals surface area contributed by atoms with E-state index in [0.717, 1.165) is 0 Å². The second-order valence-corrected chi connectivity index (χ2v) is 12.2. The van der Waals surface area contributed by atoms with Crippen LogP contribution in [0.4, 0.5) is 75.4 Å². The lowest BCUT2D eigenvalue weighted by molar-refractivity contribution is -0.288. The number of phenolic OH excluding ortho intramolecular Hbond substituents is 4. The molecule has 0 fully saturated rings. The fourth-order valence-corrected chi connectivity index (χ4v) is 5.21. The summed E-state index contributed by atoms with van der Waals surface area (Å²) < 4.78 is 181. The zero-order valence-electron chi connectivity index (χ0n) is 30.2. The van der Waals surface area contributed by atoms with Crippen LogP contribution in [0.2, 0.25) is 0 Å². The molecule has 0 aliphatic rings. The molecule has 6 aromatic rings. The highest BCUT2D eigenvalue weighted by atomic mass is 19.4. The molecule has 324 valence electrons. The predicted molar refractivity (Wildman–Crippen MR) is 196 cm³/mol. The van der Waals surface area contributed by atoms with Crippen molar-refractivity contribution in [3.05, 3.63) is 143 Å². The number of aromatic hydroxyl groups is 4. The van der Waals surface area contributed by atoms with E-state index in [4.69, 9.17) is 42.6 Å². The quantitative estimate of drug-likeness (QED) is 0.0344. The van der Waals surface area contributed by atoms with E-state index in [1.165, 1.54) is 0 Å². The van der Waals surface area contributed by atoms with Gasteiger partial charge in [-0.2, -0.15) is 43.9 Å². The second kappa shape index (κ2) is 17.8. The Morgan fingerprint density at radius 2 is 0.689 bits per heavy atom. The molecule has 0 amide bonds. The summed E-state index contributed by atoms with van der Waals surface area (Å²) in [5.41, 5.74) is 10.8. The lowest BCUT2D eigenvalue weighted by atomic mass is 9.73. The summed E-state index contributed by atoms with van der Waals surface area (Å²) in [5, 5.41) is 36.5. The van der Waals surface area contributed by atoms with E-state index >= 15 is 0 Å². The lowest BCUT2D eigenvalue weighted by Gasteiger charge is -2.38. The molecular formula is C39H28F12N4O6. The minimum atomic E-state index is -6.15. The molecule has 22 heteroatoms. The van der Waals surface area contributed by atoms with E-state index in [-0.39, 0.29) is 35.8 Å². The standard InChI is InChI=1S/C27H14F12N2O4.2C6H7NO/c28-13-15(30)23(17(32)21(42)19(13)40)44-11-5-1-9(2-6-11)25(26(34,35)36,27(37,38)39)10-3-7-12(8-4-10)45-24-16(31)14(29)20(41)22(43)18(24)33;2*7-5-3-1-2-4-6(5)8/h1-8,42-43H,40-41H2;2*1-4,8H,7H2. The van der Waals surface area contributed by atoms with E-state index in [1.807, 2.05) is 0 Å². The van der Waals surface area contributed by atoms with Crippen LogP contribution in [0.25, 0.3) is 0 Å². The number of phenols is 4. The van der Waals surface area contributed by atoms with Crippen LogP contribution in [0.15, 0.2) is 97.1 Å². The molecule has 6 aromatic carbocycles. The molecule has 0 aliphatic heterocycles. The molecule has 6 rings (SSSR count). The van der Waals surface area contributed by atoms with Crippen molar-refractivity contribution in [3.8, 4) is 46.0 Å². The Kier molecular flexibility index (Phi) is 13.4. The van der Waals surface area contributed by atoms with Crippen molar-refractivity contribution in [2.45, 2.75) is 17.8 Å². The number of hydrogen-bond donors (Lipinski definition) is 8. The van der Waals surface area contributed by atoms with Gasteiger partial charge in [-0.1, -0.05) is 48.5 Å². The van der Waals surface area contributed by atoms with Gasteiger partial charge in [-0.05, 0) is 59.7 Å². The summed E-state index contributed by atoms with van der Waals surface area (Å²) in [4.78, 5) is 0. The first-order valence-electron chi connectivity index (χ1n) is 16.4. The number of hydrogen-bond acceptors (Lipinski definition) is 10. The topological polar surface area (TPSA) is 203 Å². The number of halogens is 12. The minimum Gasteiger partial charge on any atom is -0.506 e. The summed E-state index contributed by atoms with van der Waals surface area (Å²) >= 11 is 0. The number of para-hydroxylation sites is 4. The van der Waals surface area contributed by atoms with Gasteiger partial charge in [-0.3, -0.25) is 0 Å². The molecule has 10 nitrogen and oxygen atoms in total. The number of nitrogen functional groups attached to an aromatic ring is 4. The number of rotatable bonds is 6. The van der Waals surface area contributed by atoms with E-state index in [2.05, 4.69) is 0 Å². The van der Waals surface area contributed by atoms with Gasteiger partial charge in [0.05, 0.1) is 11.4 Å². The average molecular weight is 877 g/mol. The molecule has 0 heterocycles. The average Bonchev–Trinajstić information content (AvgIpc) is 3.21. The fraction of sp³-hybridized carbons (Fsp3) is 0.0769. The van der Waals surface area contributed by atoms with E-state index < -0.39 is 110 Å². The highest BCUT2D eigenvalue weighted by molar-refractivity contribution is 5.60. The van der Waals surface area contributed by atoms with Gasteiger partial charge in [-0.25, -0.2) is 8.78 Å². The smallest absolute Gasteiger partial charge is 0.411 e. The third-order valence-corrected chi connectivity index (χ3v) is 8.32. The van der Waals surface area contributed by atoms with Crippen molar-refractivity contribution in [3.63, 3.8) is 0 Å². The fourth-order valence-electron chi connectivity index (χ4n) is 5.21. The Balaban J connectivity index is 0.000000423. The molecule has 61 heavy (non-hydrogen) atoms. The number of benzene rings is 6. The van der Waals surface area contributed by atoms with Gasteiger partial charge in [0.25, 0.3) is 0 Å². The molecule has 0 radical (unpaired) electrons. The number of anilines is 4. The van der Waals surface area contributed by atoms with Crippen LogP contribution in [0, 0.1) is 34.9 Å². The zero-order valence-corrected chi connectivity index (χ0v) is 30.2. The monoisotopic (exact) mass is 876 g/mol. The number of alkyl halides is 6. The molecule has 0 spiro atoms. The maximum absolute atomic E-state index is 14.5. The van der Waals surface area contributed by atoms with Crippen molar-refractivity contribution in [2.24, 2.45) is 0 Å². The van der Waals surface area contributed by atoms with Crippen LogP contribution in [-0.4, -0.2) is 32.8 Å². The first kappa shape index (κ1) is 46.2. The normalized spacial score (nSPS) is 11.5. The molecule has 0 saturated heterocycles. The van der Waals surface area contributed by atoms with Crippen LogP contribution in [0.3, 0.4) is 0 Å². The molecule has 0 aliphatic carbocycles. The molecular weight excluding hydrogens is 848 g/mol. The number of ether oxygens (including phenoxy) is 2. The van der Waals surface area contributed by atoms with Crippen LogP contribution < -0.4 is 32.4 Å². The van der Waals surface area contributed by atoms with Gasteiger partial charge >= 0.3 is 12.4 Å². The highest BCUT2D eigenvalue weighted by Gasteiger charge is 2.72.